The van der Waals surface area contributed by atoms with E-state index in [1.54, 1.807) is 32.5 Å². The Hall–Kier alpha value is -2.95. The summed E-state index contributed by atoms with van der Waals surface area (Å²) in [5.74, 6) is 2.62. The lowest BCUT2D eigenvalue weighted by atomic mass is 10.1. The van der Waals surface area contributed by atoms with Gasteiger partial charge in [0.25, 0.3) is 0 Å². The second kappa shape index (κ2) is 6.89. The molecule has 3 aromatic rings. The van der Waals surface area contributed by atoms with Gasteiger partial charge in [0.15, 0.2) is 0 Å². The number of rotatable bonds is 5. The van der Waals surface area contributed by atoms with Gasteiger partial charge < -0.3 is 19.1 Å². The van der Waals surface area contributed by atoms with Gasteiger partial charge >= 0.3 is 0 Å². The Morgan fingerprint density at radius 3 is 2.40 bits per heavy atom. The van der Waals surface area contributed by atoms with Crippen LogP contribution in [0.25, 0.3) is 11.4 Å². The number of aromatic nitrogens is 2. The standard InChI is InChI=1S/C20H22N2O3/c1-13-18(24-3)10-9-17(19(13)25-4)20-21-11-12-22(20)14(2)15-5-7-16(23)8-6-15/h5-12,14,23H,1-4H3/t14-/m0/s1. The van der Waals surface area contributed by atoms with Gasteiger partial charge in [-0.2, -0.15) is 0 Å². The van der Waals surface area contributed by atoms with Crippen LogP contribution in [-0.2, 0) is 0 Å². The third-order valence-corrected chi connectivity index (χ3v) is 4.48. The Labute approximate surface area is 147 Å². The number of hydrogen-bond donors (Lipinski definition) is 1. The molecular weight excluding hydrogens is 316 g/mol. The average Bonchev–Trinajstić information content (AvgIpc) is 3.11. The van der Waals surface area contributed by atoms with E-state index >= 15 is 0 Å². The Morgan fingerprint density at radius 2 is 1.76 bits per heavy atom. The van der Waals surface area contributed by atoms with Crippen LogP contribution in [0.4, 0.5) is 0 Å². The fourth-order valence-corrected chi connectivity index (χ4v) is 3.08. The Morgan fingerprint density at radius 1 is 1.04 bits per heavy atom. The maximum absolute atomic E-state index is 9.50. The molecule has 0 spiro atoms. The van der Waals surface area contributed by atoms with Crippen molar-refractivity contribution in [3.8, 4) is 28.6 Å². The third kappa shape index (κ3) is 3.05. The molecule has 0 saturated carbocycles. The van der Waals surface area contributed by atoms with E-state index in [2.05, 4.69) is 16.5 Å². The summed E-state index contributed by atoms with van der Waals surface area (Å²) in [5.41, 5.74) is 2.94. The van der Waals surface area contributed by atoms with Crippen molar-refractivity contribution >= 4 is 0 Å². The zero-order valence-corrected chi connectivity index (χ0v) is 14.9. The van der Waals surface area contributed by atoms with Gasteiger partial charge in [0.2, 0.25) is 0 Å². The molecule has 0 bridgehead atoms. The molecule has 0 radical (unpaired) electrons. The molecule has 130 valence electrons. The second-order valence-electron chi connectivity index (χ2n) is 5.90. The quantitative estimate of drug-likeness (QED) is 0.758. The van der Waals surface area contributed by atoms with Gasteiger partial charge in [-0.1, -0.05) is 12.1 Å². The van der Waals surface area contributed by atoms with Crippen molar-refractivity contribution in [2.75, 3.05) is 14.2 Å². The number of methoxy groups -OCH3 is 2. The topological polar surface area (TPSA) is 56.5 Å². The summed E-state index contributed by atoms with van der Waals surface area (Å²) in [5, 5.41) is 9.50. The van der Waals surface area contributed by atoms with Crippen LogP contribution < -0.4 is 9.47 Å². The van der Waals surface area contributed by atoms with Crippen LogP contribution in [0, 0.1) is 6.92 Å². The number of nitrogens with zero attached hydrogens (tertiary/aromatic N) is 2. The summed E-state index contributed by atoms with van der Waals surface area (Å²) in [6.07, 6.45) is 3.73. The maximum atomic E-state index is 9.50. The minimum absolute atomic E-state index is 0.0604. The highest BCUT2D eigenvalue weighted by molar-refractivity contribution is 5.69. The summed E-state index contributed by atoms with van der Waals surface area (Å²) in [7, 11) is 3.30. The van der Waals surface area contributed by atoms with Gasteiger partial charge in [0.1, 0.15) is 23.1 Å². The number of phenolic OH excluding ortho intramolecular Hbond substituents is 1. The van der Waals surface area contributed by atoms with Crippen molar-refractivity contribution in [3.05, 3.63) is 59.9 Å². The number of phenols is 1. The van der Waals surface area contributed by atoms with Crippen LogP contribution in [0.2, 0.25) is 0 Å². The average molecular weight is 338 g/mol. The molecule has 5 nitrogen and oxygen atoms in total. The maximum Gasteiger partial charge on any atom is 0.144 e. The summed E-state index contributed by atoms with van der Waals surface area (Å²) < 4.78 is 13.1. The Kier molecular flexibility index (Phi) is 4.65. The number of hydrogen-bond acceptors (Lipinski definition) is 4. The van der Waals surface area contributed by atoms with Gasteiger partial charge in [-0.05, 0) is 43.7 Å². The summed E-state index contributed by atoms with van der Waals surface area (Å²) in [6, 6.07) is 11.2. The Bertz CT molecular complexity index is 869. The third-order valence-electron chi connectivity index (χ3n) is 4.48. The Balaban J connectivity index is 2.08. The molecule has 0 fully saturated rings. The summed E-state index contributed by atoms with van der Waals surface area (Å²) in [6.45, 7) is 4.07. The molecule has 1 heterocycles. The minimum atomic E-state index is 0.0604. The van der Waals surface area contributed by atoms with Crippen molar-refractivity contribution in [2.24, 2.45) is 0 Å². The molecule has 0 amide bonds. The monoisotopic (exact) mass is 338 g/mol. The second-order valence-corrected chi connectivity index (χ2v) is 5.90. The highest BCUT2D eigenvalue weighted by Gasteiger charge is 2.19. The molecule has 0 aliphatic rings. The molecule has 5 heteroatoms. The molecule has 1 N–H and O–H groups in total. The number of ether oxygens (including phenoxy) is 2. The predicted molar refractivity (Wildman–Crippen MR) is 97.4 cm³/mol. The van der Waals surface area contributed by atoms with Crippen LogP contribution in [-0.4, -0.2) is 28.9 Å². The molecule has 1 atom stereocenters. The predicted octanol–water partition coefficient (Wildman–Crippen LogP) is 4.19. The van der Waals surface area contributed by atoms with Gasteiger partial charge in [-0.25, -0.2) is 4.98 Å². The normalized spacial score (nSPS) is 12.0. The zero-order valence-electron chi connectivity index (χ0n) is 14.9. The molecule has 0 aliphatic heterocycles. The fraction of sp³-hybridized carbons (Fsp3) is 0.250. The van der Waals surface area contributed by atoms with Crippen molar-refractivity contribution in [1.82, 2.24) is 9.55 Å². The molecule has 0 aliphatic carbocycles. The smallest absolute Gasteiger partial charge is 0.144 e. The van der Waals surface area contributed by atoms with Gasteiger partial charge in [0, 0.05) is 18.0 Å². The van der Waals surface area contributed by atoms with E-state index in [9.17, 15) is 5.11 Å². The van der Waals surface area contributed by atoms with E-state index in [1.807, 2.05) is 37.4 Å². The van der Waals surface area contributed by atoms with E-state index < -0.39 is 0 Å². The van der Waals surface area contributed by atoms with Crippen LogP contribution in [0.5, 0.6) is 17.2 Å². The molecule has 0 unspecified atom stereocenters. The molecule has 25 heavy (non-hydrogen) atoms. The van der Waals surface area contributed by atoms with Crippen LogP contribution in [0.15, 0.2) is 48.8 Å². The highest BCUT2D eigenvalue weighted by atomic mass is 16.5. The first-order chi connectivity index (χ1) is 12.1. The van der Waals surface area contributed by atoms with Crippen LogP contribution >= 0.6 is 0 Å². The van der Waals surface area contributed by atoms with E-state index in [-0.39, 0.29) is 11.8 Å². The van der Waals surface area contributed by atoms with Crippen molar-refractivity contribution in [1.29, 1.82) is 0 Å². The molecule has 3 rings (SSSR count). The van der Waals surface area contributed by atoms with E-state index in [0.717, 1.165) is 34.0 Å². The lowest BCUT2D eigenvalue weighted by Crippen LogP contribution is -2.08. The van der Waals surface area contributed by atoms with Crippen molar-refractivity contribution < 1.29 is 14.6 Å². The zero-order chi connectivity index (χ0) is 18.0. The summed E-state index contributed by atoms with van der Waals surface area (Å²) in [4.78, 5) is 4.55. The van der Waals surface area contributed by atoms with Gasteiger partial charge in [0.05, 0.1) is 25.8 Å². The number of aromatic hydroxyl groups is 1. The first-order valence-corrected chi connectivity index (χ1v) is 8.10. The lowest BCUT2D eigenvalue weighted by Gasteiger charge is -2.19. The van der Waals surface area contributed by atoms with Crippen LogP contribution in [0.3, 0.4) is 0 Å². The van der Waals surface area contributed by atoms with Crippen molar-refractivity contribution in [2.45, 2.75) is 19.9 Å². The van der Waals surface area contributed by atoms with E-state index in [1.165, 1.54) is 0 Å². The number of benzene rings is 2. The summed E-state index contributed by atoms with van der Waals surface area (Å²) >= 11 is 0. The molecule has 2 aromatic carbocycles. The lowest BCUT2D eigenvalue weighted by molar-refractivity contribution is 0.389. The first kappa shape index (κ1) is 16.9. The van der Waals surface area contributed by atoms with E-state index in [4.69, 9.17) is 9.47 Å². The van der Waals surface area contributed by atoms with E-state index in [0.29, 0.717) is 0 Å². The largest absolute Gasteiger partial charge is 0.508 e. The molecule has 0 saturated heterocycles. The molecule has 1 aromatic heterocycles. The van der Waals surface area contributed by atoms with Crippen LogP contribution in [0.1, 0.15) is 24.1 Å². The fourth-order valence-electron chi connectivity index (χ4n) is 3.08. The highest BCUT2D eigenvalue weighted by Crippen LogP contribution is 2.38. The van der Waals surface area contributed by atoms with Gasteiger partial charge in [-0.3, -0.25) is 0 Å². The minimum Gasteiger partial charge on any atom is -0.508 e. The molecular formula is C20H22N2O3. The van der Waals surface area contributed by atoms with Gasteiger partial charge in [-0.15, -0.1) is 0 Å². The van der Waals surface area contributed by atoms with Crippen molar-refractivity contribution in [3.63, 3.8) is 0 Å². The first-order valence-electron chi connectivity index (χ1n) is 8.10. The SMILES string of the molecule is COc1ccc(-c2nccn2[C@@H](C)c2ccc(O)cc2)c(OC)c1C. The number of imidazole rings is 1.